The Bertz CT molecular complexity index is 1160. The molecule has 0 bridgehead atoms. The van der Waals surface area contributed by atoms with Gasteiger partial charge in [0.2, 0.25) is 26.0 Å². The molecule has 1 aliphatic heterocycles. The van der Waals surface area contributed by atoms with Crippen LogP contribution in [0.2, 0.25) is 0 Å². The first-order valence-electron chi connectivity index (χ1n) is 10.1. The average Bonchev–Trinajstić information content (AvgIpc) is 2.77. The van der Waals surface area contributed by atoms with E-state index >= 15 is 0 Å². The normalized spacial score (nSPS) is 15.2. The van der Waals surface area contributed by atoms with Crippen LogP contribution in [0.3, 0.4) is 0 Å². The summed E-state index contributed by atoms with van der Waals surface area (Å²) in [6.45, 7) is 0.568. The van der Waals surface area contributed by atoms with Gasteiger partial charge in [0.25, 0.3) is 0 Å². The van der Waals surface area contributed by atoms with E-state index in [1.807, 2.05) is 0 Å². The molecule has 0 radical (unpaired) electrons. The molecule has 32 heavy (non-hydrogen) atoms. The number of methoxy groups -OCH3 is 1. The van der Waals surface area contributed by atoms with Gasteiger partial charge in [0.05, 0.1) is 23.9 Å². The maximum Gasteiger partial charge on any atom is 0.245 e. The molecule has 11 heteroatoms. The zero-order chi connectivity index (χ0) is 23.4. The fourth-order valence-corrected chi connectivity index (χ4v) is 5.83. The monoisotopic (exact) mass is 481 g/mol. The Hall–Kier alpha value is -2.63. The third-order valence-electron chi connectivity index (χ3n) is 5.12. The van der Waals surface area contributed by atoms with Gasteiger partial charge in [-0.3, -0.25) is 9.10 Å². The molecule has 0 unspecified atom stereocenters. The molecule has 1 N–H and O–H groups in total. The van der Waals surface area contributed by atoms with Crippen LogP contribution in [0.25, 0.3) is 0 Å². The Morgan fingerprint density at radius 2 is 1.69 bits per heavy atom. The second kappa shape index (κ2) is 9.88. The van der Waals surface area contributed by atoms with Crippen molar-refractivity contribution in [1.82, 2.24) is 4.31 Å². The Balaban J connectivity index is 1.71. The Morgan fingerprint density at radius 3 is 2.28 bits per heavy atom. The van der Waals surface area contributed by atoms with Crippen molar-refractivity contribution < 1.29 is 26.4 Å². The number of hydrogen-bond acceptors (Lipinski definition) is 6. The van der Waals surface area contributed by atoms with Crippen molar-refractivity contribution in [3.05, 3.63) is 48.5 Å². The highest BCUT2D eigenvalue weighted by atomic mass is 32.2. The first-order valence-corrected chi connectivity index (χ1v) is 13.4. The van der Waals surface area contributed by atoms with Gasteiger partial charge in [-0.05, 0) is 49.2 Å². The predicted molar refractivity (Wildman–Crippen MR) is 123 cm³/mol. The number of hydrogen-bond donors (Lipinski definition) is 1. The van der Waals surface area contributed by atoms with Crippen LogP contribution in [0.5, 0.6) is 5.75 Å². The summed E-state index contributed by atoms with van der Waals surface area (Å²) in [5.74, 6) is -0.105. The number of ether oxygens (including phenoxy) is 1. The SMILES string of the molecule is COc1cccc(N(CC(=O)Nc2ccc(S(=O)(=O)N3CCCCC3)cc2)S(C)(=O)=O)c1. The number of anilines is 2. The zero-order valence-corrected chi connectivity index (χ0v) is 19.7. The number of carbonyl (C=O) groups excluding carboxylic acids is 1. The van der Waals surface area contributed by atoms with Crippen molar-refractivity contribution in [1.29, 1.82) is 0 Å². The Labute approximate surface area is 189 Å². The lowest BCUT2D eigenvalue weighted by molar-refractivity contribution is -0.114. The third-order valence-corrected chi connectivity index (χ3v) is 8.17. The van der Waals surface area contributed by atoms with E-state index in [9.17, 15) is 21.6 Å². The van der Waals surface area contributed by atoms with Crippen molar-refractivity contribution in [2.75, 3.05) is 42.6 Å². The van der Waals surface area contributed by atoms with Crippen LogP contribution < -0.4 is 14.4 Å². The van der Waals surface area contributed by atoms with E-state index in [1.54, 1.807) is 18.2 Å². The summed E-state index contributed by atoms with van der Waals surface area (Å²) < 4.78 is 57.6. The molecular formula is C21H27N3O6S2. The molecule has 1 amide bonds. The van der Waals surface area contributed by atoms with Crippen LogP contribution in [0.1, 0.15) is 19.3 Å². The van der Waals surface area contributed by atoms with Gasteiger partial charge < -0.3 is 10.1 Å². The Morgan fingerprint density at radius 1 is 1.03 bits per heavy atom. The third kappa shape index (κ3) is 5.78. The number of amides is 1. The molecule has 0 aliphatic carbocycles. The number of nitrogens with zero attached hydrogens (tertiary/aromatic N) is 2. The molecule has 3 rings (SSSR count). The minimum Gasteiger partial charge on any atom is -0.497 e. The van der Waals surface area contributed by atoms with Crippen molar-refractivity contribution in [3.63, 3.8) is 0 Å². The van der Waals surface area contributed by atoms with Crippen molar-refractivity contribution in [2.45, 2.75) is 24.2 Å². The van der Waals surface area contributed by atoms with E-state index in [1.165, 1.54) is 41.7 Å². The van der Waals surface area contributed by atoms with Gasteiger partial charge in [0.15, 0.2) is 0 Å². The summed E-state index contributed by atoms with van der Waals surface area (Å²) in [7, 11) is -5.84. The molecular weight excluding hydrogens is 454 g/mol. The highest BCUT2D eigenvalue weighted by Gasteiger charge is 2.26. The van der Waals surface area contributed by atoms with E-state index in [-0.39, 0.29) is 4.90 Å². The van der Waals surface area contributed by atoms with E-state index in [0.717, 1.165) is 29.8 Å². The number of sulfonamides is 2. The molecule has 174 valence electrons. The molecule has 0 spiro atoms. The number of piperidine rings is 1. The van der Waals surface area contributed by atoms with Crippen LogP contribution in [-0.2, 0) is 24.8 Å². The van der Waals surface area contributed by atoms with E-state index in [4.69, 9.17) is 4.74 Å². The topological polar surface area (TPSA) is 113 Å². The number of benzene rings is 2. The van der Waals surface area contributed by atoms with Gasteiger partial charge in [0.1, 0.15) is 12.3 Å². The summed E-state index contributed by atoms with van der Waals surface area (Å²) in [5.41, 5.74) is 0.664. The molecule has 1 aliphatic rings. The predicted octanol–water partition coefficient (Wildman–Crippen LogP) is 2.27. The minimum absolute atomic E-state index is 0.159. The van der Waals surface area contributed by atoms with Crippen LogP contribution in [0.15, 0.2) is 53.4 Å². The van der Waals surface area contributed by atoms with E-state index in [2.05, 4.69) is 5.32 Å². The standard InChI is InChI=1S/C21H27N3O6S2/c1-30-19-8-6-7-18(15-19)24(31(2,26)27)16-21(25)22-17-9-11-20(12-10-17)32(28,29)23-13-4-3-5-14-23/h6-12,15H,3-5,13-14,16H2,1-2H3,(H,22,25). The van der Waals surface area contributed by atoms with Gasteiger partial charge >= 0.3 is 0 Å². The van der Waals surface area contributed by atoms with Crippen LogP contribution >= 0.6 is 0 Å². The maximum absolute atomic E-state index is 12.7. The number of nitrogens with one attached hydrogen (secondary N) is 1. The largest absolute Gasteiger partial charge is 0.497 e. The van der Waals surface area contributed by atoms with Gasteiger partial charge in [0, 0.05) is 24.8 Å². The molecule has 1 fully saturated rings. The van der Waals surface area contributed by atoms with Crippen LogP contribution in [0, 0.1) is 0 Å². The summed E-state index contributed by atoms with van der Waals surface area (Å²) in [4.78, 5) is 12.7. The Kier molecular flexibility index (Phi) is 7.42. The van der Waals surface area contributed by atoms with Crippen molar-refractivity contribution in [2.24, 2.45) is 0 Å². The molecule has 9 nitrogen and oxygen atoms in total. The molecule has 1 saturated heterocycles. The van der Waals surface area contributed by atoms with E-state index in [0.29, 0.717) is 30.2 Å². The molecule has 0 aromatic heterocycles. The first-order chi connectivity index (χ1) is 15.1. The smallest absolute Gasteiger partial charge is 0.245 e. The summed E-state index contributed by atoms with van der Waals surface area (Å²) >= 11 is 0. The fourth-order valence-electron chi connectivity index (χ4n) is 3.46. The first kappa shape index (κ1) is 24.0. The number of carbonyl (C=O) groups is 1. The lowest BCUT2D eigenvalue weighted by Crippen LogP contribution is -2.37. The van der Waals surface area contributed by atoms with Crippen LogP contribution in [-0.4, -0.2) is 60.0 Å². The van der Waals surface area contributed by atoms with Crippen molar-refractivity contribution in [3.8, 4) is 5.75 Å². The van der Waals surface area contributed by atoms with Crippen LogP contribution in [0.4, 0.5) is 11.4 Å². The van der Waals surface area contributed by atoms with Gasteiger partial charge in [-0.2, -0.15) is 4.31 Å². The second-order valence-corrected chi connectivity index (χ2v) is 11.4. The summed E-state index contributed by atoms with van der Waals surface area (Å²) in [6.07, 6.45) is 3.73. The molecule has 1 heterocycles. The highest BCUT2D eigenvalue weighted by Crippen LogP contribution is 2.24. The maximum atomic E-state index is 12.7. The van der Waals surface area contributed by atoms with E-state index < -0.39 is 32.5 Å². The zero-order valence-electron chi connectivity index (χ0n) is 18.0. The minimum atomic E-state index is -3.74. The van der Waals surface area contributed by atoms with Gasteiger partial charge in [-0.15, -0.1) is 0 Å². The lowest BCUT2D eigenvalue weighted by Gasteiger charge is -2.26. The molecule has 2 aromatic carbocycles. The lowest BCUT2D eigenvalue weighted by atomic mass is 10.2. The average molecular weight is 482 g/mol. The van der Waals surface area contributed by atoms with Gasteiger partial charge in [-0.25, -0.2) is 16.8 Å². The number of rotatable bonds is 8. The second-order valence-electron chi connectivity index (χ2n) is 7.51. The molecule has 0 atom stereocenters. The quantitative estimate of drug-likeness (QED) is 0.619. The van der Waals surface area contributed by atoms with Gasteiger partial charge in [-0.1, -0.05) is 12.5 Å². The molecule has 0 saturated carbocycles. The summed E-state index contributed by atoms with van der Waals surface area (Å²) in [5, 5.41) is 2.62. The fraction of sp³-hybridized carbons (Fsp3) is 0.381. The van der Waals surface area contributed by atoms with Crippen molar-refractivity contribution >= 4 is 37.3 Å². The summed E-state index contributed by atoms with van der Waals surface area (Å²) in [6, 6.07) is 12.3. The molecule has 2 aromatic rings. The highest BCUT2D eigenvalue weighted by molar-refractivity contribution is 7.92.